The van der Waals surface area contributed by atoms with Gasteiger partial charge in [0.15, 0.2) is 0 Å². The predicted molar refractivity (Wildman–Crippen MR) is 96.6 cm³/mol. The largest absolute Gasteiger partial charge is 0.0961 e. The first-order chi connectivity index (χ1) is 10.2. The molecule has 1 aromatic rings. The number of rotatable bonds is 11. The molecule has 1 aromatic carbocycles. The number of hydrogen-bond acceptors (Lipinski definition) is 0. The second kappa shape index (κ2) is 11.4. The van der Waals surface area contributed by atoms with Gasteiger partial charge >= 0.3 is 0 Å². The Morgan fingerprint density at radius 1 is 0.905 bits per heavy atom. The molecule has 1 rings (SSSR count). The average molecular weight is 284 g/mol. The van der Waals surface area contributed by atoms with Crippen LogP contribution >= 0.6 is 0 Å². The topological polar surface area (TPSA) is 0 Å². The van der Waals surface area contributed by atoms with Crippen LogP contribution in [0.3, 0.4) is 0 Å². The molecule has 0 fully saturated rings. The molecule has 0 amide bonds. The summed E-state index contributed by atoms with van der Waals surface area (Å²) < 4.78 is 0. The lowest BCUT2D eigenvalue weighted by molar-refractivity contribution is 0.575. The zero-order chi connectivity index (χ0) is 15.3. The molecule has 0 unspecified atom stereocenters. The molecule has 116 valence electrons. The molecular weight excluding hydrogens is 252 g/mol. The van der Waals surface area contributed by atoms with Gasteiger partial charge in [0.25, 0.3) is 0 Å². The number of aryl methyl sites for hydroxylation is 1. The highest BCUT2D eigenvalue weighted by Crippen LogP contribution is 2.13. The van der Waals surface area contributed by atoms with Gasteiger partial charge in [-0.1, -0.05) is 100 Å². The van der Waals surface area contributed by atoms with Crippen molar-refractivity contribution in [3.05, 3.63) is 53.6 Å². The first-order valence-electron chi connectivity index (χ1n) is 8.65. The summed E-state index contributed by atoms with van der Waals surface area (Å²) in [7, 11) is 0. The quantitative estimate of drug-likeness (QED) is 0.304. The van der Waals surface area contributed by atoms with Gasteiger partial charge in [0.2, 0.25) is 0 Å². The summed E-state index contributed by atoms with van der Waals surface area (Å²) >= 11 is 0. The highest BCUT2D eigenvalue weighted by molar-refractivity contribution is 5.52. The van der Waals surface area contributed by atoms with Crippen LogP contribution in [-0.4, -0.2) is 0 Å². The van der Waals surface area contributed by atoms with E-state index in [1.807, 2.05) is 6.92 Å². The van der Waals surface area contributed by atoms with E-state index < -0.39 is 0 Å². The van der Waals surface area contributed by atoms with Crippen molar-refractivity contribution < 1.29 is 0 Å². The minimum atomic E-state index is 1.10. The Bertz CT molecular complexity index is 408. The van der Waals surface area contributed by atoms with Gasteiger partial charge in [-0.3, -0.25) is 0 Å². The molecule has 0 atom stereocenters. The first kappa shape index (κ1) is 17.8. The second-order valence-corrected chi connectivity index (χ2v) is 6.15. The zero-order valence-electron chi connectivity index (χ0n) is 14.0. The van der Waals surface area contributed by atoms with Crippen molar-refractivity contribution in [1.82, 2.24) is 0 Å². The normalized spacial score (nSPS) is 11.1. The van der Waals surface area contributed by atoms with E-state index in [9.17, 15) is 0 Å². The molecule has 0 heteroatoms. The highest BCUT2D eigenvalue weighted by atomic mass is 14.0. The number of benzene rings is 1. The Kier molecular flexibility index (Phi) is 9.61. The van der Waals surface area contributed by atoms with Crippen molar-refractivity contribution in [3.8, 4) is 0 Å². The fraction of sp³-hybridized carbons (Fsp3) is 0.524. The second-order valence-electron chi connectivity index (χ2n) is 6.15. The lowest BCUT2D eigenvalue weighted by atomic mass is 10.0. The van der Waals surface area contributed by atoms with Crippen molar-refractivity contribution in [2.24, 2.45) is 0 Å². The molecule has 0 aliphatic carbocycles. The van der Waals surface area contributed by atoms with Crippen LogP contribution in [0.25, 0.3) is 6.08 Å². The molecular formula is C21H32. The summed E-state index contributed by atoms with van der Waals surface area (Å²) in [6, 6.07) is 8.94. The molecule has 0 radical (unpaired) electrons. The van der Waals surface area contributed by atoms with Crippen LogP contribution in [0, 0.1) is 0 Å². The standard InChI is InChI=1S/C21H32/c1-4-5-6-7-8-9-10-11-12-20-15-17-21(18-16-20)14-13-19(2)3/h13-18H,2,4-12H2,1,3H3. The maximum absolute atomic E-state index is 3.88. The van der Waals surface area contributed by atoms with E-state index in [0.29, 0.717) is 0 Å². The molecule has 0 saturated heterocycles. The van der Waals surface area contributed by atoms with Crippen molar-refractivity contribution >= 4 is 6.08 Å². The fourth-order valence-electron chi connectivity index (χ4n) is 2.50. The van der Waals surface area contributed by atoms with Crippen molar-refractivity contribution in [2.75, 3.05) is 0 Å². The highest BCUT2D eigenvalue weighted by Gasteiger charge is 1.95. The Labute approximate surface area is 132 Å². The van der Waals surface area contributed by atoms with E-state index in [1.165, 1.54) is 68.9 Å². The molecule has 0 nitrogen and oxygen atoms in total. The van der Waals surface area contributed by atoms with Crippen LogP contribution in [0.4, 0.5) is 0 Å². The molecule has 0 saturated carbocycles. The summed E-state index contributed by atoms with van der Waals surface area (Å²) in [4.78, 5) is 0. The van der Waals surface area contributed by atoms with Gasteiger partial charge in [0.1, 0.15) is 0 Å². The van der Waals surface area contributed by atoms with Crippen molar-refractivity contribution in [1.29, 1.82) is 0 Å². The van der Waals surface area contributed by atoms with Crippen LogP contribution in [0.2, 0.25) is 0 Å². The SMILES string of the molecule is C=C(C)C=Cc1ccc(CCCCCCCCCC)cc1. The molecule has 0 aliphatic heterocycles. The van der Waals surface area contributed by atoms with Gasteiger partial charge in [-0.25, -0.2) is 0 Å². The summed E-state index contributed by atoms with van der Waals surface area (Å²) in [5.41, 5.74) is 3.82. The summed E-state index contributed by atoms with van der Waals surface area (Å²) in [6.45, 7) is 8.18. The number of hydrogen-bond donors (Lipinski definition) is 0. The van der Waals surface area contributed by atoms with Gasteiger partial charge in [0, 0.05) is 0 Å². The minimum Gasteiger partial charge on any atom is -0.0961 e. The van der Waals surface area contributed by atoms with Crippen LogP contribution in [0.15, 0.2) is 42.5 Å². The molecule has 21 heavy (non-hydrogen) atoms. The fourth-order valence-corrected chi connectivity index (χ4v) is 2.50. The van der Waals surface area contributed by atoms with E-state index in [0.717, 1.165) is 5.57 Å². The van der Waals surface area contributed by atoms with E-state index in [1.54, 1.807) is 0 Å². The smallest absolute Gasteiger partial charge is 0.0256 e. The van der Waals surface area contributed by atoms with Crippen LogP contribution in [0.5, 0.6) is 0 Å². The Morgan fingerprint density at radius 2 is 1.48 bits per heavy atom. The minimum absolute atomic E-state index is 1.10. The van der Waals surface area contributed by atoms with Gasteiger partial charge in [-0.15, -0.1) is 0 Å². The third kappa shape index (κ3) is 9.28. The molecule has 0 N–H and O–H groups in total. The lowest BCUT2D eigenvalue weighted by Crippen LogP contribution is -1.87. The Balaban J connectivity index is 2.14. The lowest BCUT2D eigenvalue weighted by Gasteiger charge is -2.03. The maximum atomic E-state index is 3.88. The number of allylic oxidation sites excluding steroid dienone is 2. The van der Waals surface area contributed by atoms with E-state index in [2.05, 4.69) is 49.9 Å². The van der Waals surface area contributed by atoms with Crippen molar-refractivity contribution in [3.63, 3.8) is 0 Å². The Morgan fingerprint density at radius 3 is 2.05 bits per heavy atom. The monoisotopic (exact) mass is 284 g/mol. The van der Waals surface area contributed by atoms with Gasteiger partial charge < -0.3 is 0 Å². The maximum Gasteiger partial charge on any atom is -0.0256 e. The van der Waals surface area contributed by atoms with E-state index in [4.69, 9.17) is 0 Å². The van der Waals surface area contributed by atoms with E-state index >= 15 is 0 Å². The molecule has 0 spiro atoms. The Hall–Kier alpha value is -1.30. The third-order valence-electron chi connectivity index (χ3n) is 3.86. The van der Waals surface area contributed by atoms with E-state index in [-0.39, 0.29) is 0 Å². The summed E-state index contributed by atoms with van der Waals surface area (Å²) in [5.74, 6) is 0. The van der Waals surface area contributed by atoms with Crippen LogP contribution < -0.4 is 0 Å². The van der Waals surface area contributed by atoms with Crippen LogP contribution in [-0.2, 0) is 6.42 Å². The zero-order valence-corrected chi connectivity index (χ0v) is 14.0. The molecule has 0 bridgehead atoms. The average Bonchev–Trinajstić information content (AvgIpc) is 2.49. The first-order valence-corrected chi connectivity index (χ1v) is 8.65. The molecule has 0 aliphatic rings. The van der Waals surface area contributed by atoms with Crippen molar-refractivity contribution in [2.45, 2.75) is 71.6 Å². The summed E-state index contributed by atoms with van der Waals surface area (Å²) in [6.07, 6.45) is 16.6. The number of unbranched alkanes of at least 4 members (excludes halogenated alkanes) is 7. The predicted octanol–water partition coefficient (Wildman–Crippen LogP) is 6.96. The molecule has 0 aromatic heterocycles. The third-order valence-corrected chi connectivity index (χ3v) is 3.86. The van der Waals surface area contributed by atoms with Gasteiger partial charge in [-0.2, -0.15) is 0 Å². The van der Waals surface area contributed by atoms with Gasteiger partial charge in [-0.05, 0) is 30.9 Å². The van der Waals surface area contributed by atoms with Gasteiger partial charge in [0.05, 0.1) is 0 Å². The van der Waals surface area contributed by atoms with Crippen LogP contribution in [0.1, 0.15) is 76.3 Å². The summed E-state index contributed by atoms with van der Waals surface area (Å²) in [5, 5.41) is 0. The molecule has 0 heterocycles.